The SMILES string of the molecule is COc1cc(CN(C[C@@H]2CCCO2)C(=O)/C=C/c2cccs2)ccc1OC1Cc2ccccc2C1. The first-order chi connectivity index (χ1) is 17.2. The second-order valence-corrected chi connectivity index (χ2v) is 10.1. The standard InChI is InChI=1S/C29H31NO4S/c1-32-28-16-21(10-12-27(28)34-25-17-22-6-2-3-7-23(22)18-25)19-30(20-24-8-4-14-33-24)29(31)13-11-26-9-5-15-35-26/h2-3,5-7,9-13,15-16,24-25H,4,8,14,17-20H2,1H3/b13-11+/t24-/m0/s1. The van der Waals surface area contributed by atoms with Gasteiger partial charge in [0.1, 0.15) is 6.10 Å². The van der Waals surface area contributed by atoms with Crippen molar-refractivity contribution in [1.29, 1.82) is 0 Å². The van der Waals surface area contributed by atoms with Crippen molar-refractivity contribution in [3.8, 4) is 11.5 Å². The van der Waals surface area contributed by atoms with Crippen molar-refractivity contribution in [2.75, 3.05) is 20.3 Å². The second kappa shape index (κ2) is 11.1. The van der Waals surface area contributed by atoms with Crippen LogP contribution in [-0.4, -0.2) is 43.3 Å². The van der Waals surface area contributed by atoms with Gasteiger partial charge < -0.3 is 19.1 Å². The van der Waals surface area contributed by atoms with Crippen molar-refractivity contribution >= 4 is 23.3 Å². The molecule has 0 unspecified atom stereocenters. The summed E-state index contributed by atoms with van der Waals surface area (Å²) in [7, 11) is 1.66. The van der Waals surface area contributed by atoms with E-state index in [1.165, 1.54) is 11.1 Å². The molecule has 0 spiro atoms. The highest BCUT2D eigenvalue weighted by atomic mass is 32.1. The molecule has 0 N–H and O–H groups in total. The lowest BCUT2D eigenvalue weighted by atomic mass is 10.1. The maximum absolute atomic E-state index is 13.1. The normalized spacial score (nSPS) is 17.6. The summed E-state index contributed by atoms with van der Waals surface area (Å²) in [5.74, 6) is 1.41. The number of thiophene rings is 1. The molecule has 35 heavy (non-hydrogen) atoms. The van der Waals surface area contributed by atoms with Gasteiger partial charge in [0.2, 0.25) is 5.91 Å². The summed E-state index contributed by atoms with van der Waals surface area (Å²) in [6.45, 7) is 1.83. The number of carbonyl (C=O) groups excluding carboxylic acids is 1. The van der Waals surface area contributed by atoms with Gasteiger partial charge in [0.15, 0.2) is 11.5 Å². The summed E-state index contributed by atoms with van der Waals surface area (Å²) in [5.41, 5.74) is 3.71. The van der Waals surface area contributed by atoms with E-state index < -0.39 is 0 Å². The third kappa shape index (κ3) is 5.95. The highest BCUT2D eigenvalue weighted by molar-refractivity contribution is 7.10. The van der Waals surface area contributed by atoms with Gasteiger partial charge >= 0.3 is 0 Å². The van der Waals surface area contributed by atoms with E-state index in [1.54, 1.807) is 24.5 Å². The summed E-state index contributed by atoms with van der Waals surface area (Å²) in [6.07, 6.45) is 7.57. The summed E-state index contributed by atoms with van der Waals surface area (Å²) >= 11 is 1.62. The number of carbonyl (C=O) groups is 1. The van der Waals surface area contributed by atoms with Gasteiger partial charge in [0.25, 0.3) is 0 Å². The van der Waals surface area contributed by atoms with E-state index >= 15 is 0 Å². The minimum Gasteiger partial charge on any atom is -0.493 e. The Morgan fingerprint density at radius 3 is 2.63 bits per heavy atom. The molecular formula is C29H31NO4S. The van der Waals surface area contributed by atoms with Crippen molar-refractivity contribution in [3.05, 3.63) is 87.6 Å². The van der Waals surface area contributed by atoms with Crippen LogP contribution in [0.3, 0.4) is 0 Å². The van der Waals surface area contributed by atoms with Gasteiger partial charge in [0, 0.05) is 43.5 Å². The van der Waals surface area contributed by atoms with E-state index in [0.717, 1.165) is 48.5 Å². The fourth-order valence-electron chi connectivity index (χ4n) is 4.82. The first-order valence-corrected chi connectivity index (χ1v) is 13.1. The van der Waals surface area contributed by atoms with Gasteiger partial charge in [-0.3, -0.25) is 4.79 Å². The number of fused-ring (bicyclic) bond motifs is 1. The monoisotopic (exact) mass is 489 g/mol. The van der Waals surface area contributed by atoms with Gasteiger partial charge in [-0.25, -0.2) is 0 Å². The number of ether oxygens (including phenoxy) is 3. The molecular weight excluding hydrogens is 458 g/mol. The number of benzene rings is 2. The predicted molar refractivity (Wildman–Crippen MR) is 139 cm³/mol. The zero-order chi connectivity index (χ0) is 24.0. The molecule has 5 nitrogen and oxygen atoms in total. The molecule has 2 heterocycles. The molecule has 5 rings (SSSR count). The molecule has 2 aromatic carbocycles. The van der Waals surface area contributed by atoms with E-state index in [4.69, 9.17) is 14.2 Å². The zero-order valence-electron chi connectivity index (χ0n) is 20.0. The molecule has 1 atom stereocenters. The van der Waals surface area contributed by atoms with E-state index in [0.29, 0.717) is 18.8 Å². The highest BCUT2D eigenvalue weighted by Gasteiger charge is 2.25. The maximum Gasteiger partial charge on any atom is 0.246 e. The lowest BCUT2D eigenvalue weighted by Gasteiger charge is -2.25. The van der Waals surface area contributed by atoms with Crippen LogP contribution in [0.5, 0.6) is 11.5 Å². The topological polar surface area (TPSA) is 48.0 Å². The quantitative estimate of drug-likeness (QED) is 0.371. The lowest BCUT2D eigenvalue weighted by molar-refractivity contribution is -0.128. The third-order valence-electron chi connectivity index (χ3n) is 6.60. The molecule has 1 saturated heterocycles. The van der Waals surface area contributed by atoms with E-state index in [1.807, 2.05) is 46.7 Å². The molecule has 6 heteroatoms. The molecule has 1 amide bonds. The molecule has 2 aliphatic rings. The van der Waals surface area contributed by atoms with Crippen LogP contribution in [0.1, 0.15) is 34.4 Å². The zero-order valence-corrected chi connectivity index (χ0v) is 20.8. The molecule has 3 aromatic rings. The number of rotatable bonds is 9. The molecule has 182 valence electrons. The van der Waals surface area contributed by atoms with Crippen LogP contribution in [0.25, 0.3) is 6.08 Å². The van der Waals surface area contributed by atoms with Crippen LogP contribution in [0, 0.1) is 0 Å². The van der Waals surface area contributed by atoms with E-state index in [2.05, 4.69) is 24.3 Å². The Morgan fingerprint density at radius 2 is 1.94 bits per heavy atom. The molecule has 0 saturated carbocycles. The van der Waals surface area contributed by atoms with Crippen molar-refractivity contribution in [2.24, 2.45) is 0 Å². The Hall–Kier alpha value is -3.09. The van der Waals surface area contributed by atoms with Gasteiger partial charge in [-0.1, -0.05) is 36.4 Å². The highest BCUT2D eigenvalue weighted by Crippen LogP contribution is 2.33. The third-order valence-corrected chi connectivity index (χ3v) is 7.44. The smallest absolute Gasteiger partial charge is 0.246 e. The molecule has 1 aliphatic heterocycles. The molecule has 0 radical (unpaired) electrons. The average molecular weight is 490 g/mol. The second-order valence-electron chi connectivity index (χ2n) is 9.10. The first-order valence-electron chi connectivity index (χ1n) is 12.2. The van der Waals surface area contributed by atoms with Crippen molar-refractivity contribution in [1.82, 2.24) is 4.90 Å². The first kappa shape index (κ1) is 23.6. The fourth-order valence-corrected chi connectivity index (χ4v) is 5.44. The largest absolute Gasteiger partial charge is 0.493 e. The van der Waals surface area contributed by atoms with Crippen molar-refractivity contribution < 1.29 is 19.0 Å². The summed E-state index contributed by atoms with van der Waals surface area (Å²) in [6, 6.07) is 18.5. The van der Waals surface area contributed by atoms with Crippen LogP contribution < -0.4 is 9.47 Å². The van der Waals surface area contributed by atoms with Crippen LogP contribution >= 0.6 is 11.3 Å². The predicted octanol–water partition coefficient (Wildman–Crippen LogP) is 5.52. The van der Waals surface area contributed by atoms with Crippen LogP contribution in [0.2, 0.25) is 0 Å². The number of hydrogen-bond donors (Lipinski definition) is 0. The Balaban J connectivity index is 1.28. The molecule has 1 fully saturated rings. The minimum atomic E-state index is -0.0167. The average Bonchev–Trinajstić information content (AvgIpc) is 3.65. The Bertz CT molecular complexity index is 1140. The number of methoxy groups -OCH3 is 1. The van der Waals surface area contributed by atoms with E-state index in [-0.39, 0.29) is 18.1 Å². The fraction of sp³-hybridized carbons (Fsp3) is 0.345. The van der Waals surface area contributed by atoms with Crippen LogP contribution in [0.15, 0.2) is 66.1 Å². The minimum absolute atomic E-state index is 0.0167. The van der Waals surface area contributed by atoms with Gasteiger partial charge in [0.05, 0.1) is 13.2 Å². The number of nitrogens with zero attached hydrogens (tertiary/aromatic N) is 1. The molecule has 1 aromatic heterocycles. The molecule has 1 aliphatic carbocycles. The summed E-state index contributed by atoms with van der Waals surface area (Å²) in [4.78, 5) is 16.0. The lowest BCUT2D eigenvalue weighted by Crippen LogP contribution is -2.35. The van der Waals surface area contributed by atoms with Crippen LogP contribution in [-0.2, 0) is 28.9 Å². The van der Waals surface area contributed by atoms with Gasteiger partial charge in [-0.2, -0.15) is 0 Å². The van der Waals surface area contributed by atoms with Gasteiger partial charge in [-0.05, 0) is 59.2 Å². The summed E-state index contributed by atoms with van der Waals surface area (Å²) in [5, 5.41) is 2.01. The number of amides is 1. The Morgan fingerprint density at radius 1 is 1.11 bits per heavy atom. The van der Waals surface area contributed by atoms with Crippen molar-refractivity contribution in [3.63, 3.8) is 0 Å². The molecule has 0 bridgehead atoms. The maximum atomic E-state index is 13.1. The summed E-state index contributed by atoms with van der Waals surface area (Å²) < 4.78 is 17.8. The Labute approximate surface area is 210 Å². The number of hydrogen-bond acceptors (Lipinski definition) is 5. The van der Waals surface area contributed by atoms with Crippen LogP contribution in [0.4, 0.5) is 0 Å². The van der Waals surface area contributed by atoms with Crippen molar-refractivity contribution in [2.45, 2.75) is 44.4 Å². The van der Waals surface area contributed by atoms with E-state index in [9.17, 15) is 4.79 Å². The van der Waals surface area contributed by atoms with Gasteiger partial charge in [-0.15, -0.1) is 11.3 Å². The Kier molecular flexibility index (Phi) is 7.50.